The van der Waals surface area contributed by atoms with Crippen LogP contribution in [0, 0.1) is 0 Å². The van der Waals surface area contributed by atoms with E-state index in [1.54, 1.807) is 0 Å². The van der Waals surface area contributed by atoms with Gasteiger partial charge in [-0.15, -0.1) is 0 Å². The summed E-state index contributed by atoms with van der Waals surface area (Å²) in [6, 6.07) is 0. The number of phosphoric ester groups is 1. The Balaban J connectivity index is 3.82. The summed E-state index contributed by atoms with van der Waals surface area (Å²) in [6.07, 6.45) is 38.3. The van der Waals surface area contributed by atoms with Gasteiger partial charge in [0.1, 0.15) is 6.61 Å². The molecule has 0 saturated carbocycles. The Morgan fingerprint density at radius 2 is 0.735 bits per heavy atom. The van der Waals surface area contributed by atoms with E-state index < -0.39 is 32.5 Å². The molecule has 0 aliphatic heterocycles. The van der Waals surface area contributed by atoms with Gasteiger partial charge in [-0.3, -0.25) is 14.1 Å². The van der Waals surface area contributed by atoms with Crippen molar-refractivity contribution >= 4 is 19.8 Å². The first-order valence-corrected chi connectivity index (χ1v) is 22.4. The average Bonchev–Trinajstić information content (AvgIpc) is 3.07. The molecule has 292 valence electrons. The minimum Gasteiger partial charge on any atom is -0.462 e. The SMILES string of the molecule is CCCCCCCCCCCCCCCCCCCCCCC(=O)OC(COC(=O)CCCCCCCCCCCCC)COP(=O)(O)O. The highest BCUT2D eigenvalue weighted by Gasteiger charge is 2.22. The summed E-state index contributed by atoms with van der Waals surface area (Å²) in [4.78, 5) is 42.7. The number of unbranched alkanes of at least 4 members (excludes halogenated alkanes) is 29. The number of phosphoric acid groups is 1. The van der Waals surface area contributed by atoms with Crippen molar-refractivity contribution in [2.45, 2.75) is 232 Å². The molecule has 49 heavy (non-hydrogen) atoms. The molecular formula is C40H79O8P. The van der Waals surface area contributed by atoms with Crippen molar-refractivity contribution in [3.8, 4) is 0 Å². The third kappa shape index (κ3) is 39.7. The van der Waals surface area contributed by atoms with Gasteiger partial charge in [-0.1, -0.05) is 200 Å². The average molecular weight is 719 g/mol. The van der Waals surface area contributed by atoms with Gasteiger partial charge < -0.3 is 19.3 Å². The van der Waals surface area contributed by atoms with Gasteiger partial charge in [-0.25, -0.2) is 4.57 Å². The van der Waals surface area contributed by atoms with Gasteiger partial charge in [0.05, 0.1) is 6.61 Å². The molecule has 2 N–H and O–H groups in total. The van der Waals surface area contributed by atoms with E-state index in [1.165, 1.54) is 161 Å². The Bertz CT molecular complexity index is 771. The molecular weight excluding hydrogens is 639 g/mol. The van der Waals surface area contributed by atoms with Gasteiger partial charge in [0.15, 0.2) is 6.10 Å². The normalized spacial score (nSPS) is 12.3. The third-order valence-electron chi connectivity index (χ3n) is 9.38. The molecule has 0 saturated heterocycles. The lowest BCUT2D eigenvalue weighted by Gasteiger charge is -2.18. The van der Waals surface area contributed by atoms with Gasteiger partial charge >= 0.3 is 19.8 Å². The highest BCUT2D eigenvalue weighted by molar-refractivity contribution is 7.46. The van der Waals surface area contributed by atoms with Crippen molar-refractivity contribution in [3.05, 3.63) is 0 Å². The molecule has 0 heterocycles. The van der Waals surface area contributed by atoms with Gasteiger partial charge in [0.25, 0.3) is 0 Å². The van der Waals surface area contributed by atoms with Crippen molar-refractivity contribution in [1.29, 1.82) is 0 Å². The highest BCUT2D eigenvalue weighted by atomic mass is 31.2. The van der Waals surface area contributed by atoms with Crippen LogP contribution in [0.2, 0.25) is 0 Å². The van der Waals surface area contributed by atoms with Crippen molar-refractivity contribution in [3.63, 3.8) is 0 Å². The summed E-state index contributed by atoms with van der Waals surface area (Å²) in [5, 5.41) is 0. The first-order chi connectivity index (χ1) is 23.8. The minimum absolute atomic E-state index is 0.220. The maximum atomic E-state index is 12.4. The molecule has 0 fully saturated rings. The van der Waals surface area contributed by atoms with Crippen LogP contribution in [0.4, 0.5) is 0 Å². The molecule has 0 aliphatic rings. The molecule has 0 bridgehead atoms. The van der Waals surface area contributed by atoms with Crippen LogP contribution in [0.3, 0.4) is 0 Å². The minimum atomic E-state index is -4.74. The van der Waals surface area contributed by atoms with E-state index in [9.17, 15) is 14.2 Å². The lowest BCUT2D eigenvalue weighted by atomic mass is 10.0. The highest BCUT2D eigenvalue weighted by Crippen LogP contribution is 2.36. The molecule has 9 heteroatoms. The van der Waals surface area contributed by atoms with Gasteiger partial charge in [-0.2, -0.15) is 0 Å². The fourth-order valence-corrected chi connectivity index (χ4v) is 6.62. The van der Waals surface area contributed by atoms with Crippen LogP contribution in [-0.2, 0) is 28.2 Å². The Kier molecular flexibility index (Phi) is 36.1. The number of rotatable bonds is 39. The Morgan fingerprint density at radius 1 is 0.449 bits per heavy atom. The van der Waals surface area contributed by atoms with Crippen LogP contribution in [0.15, 0.2) is 0 Å². The monoisotopic (exact) mass is 719 g/mol. The molecule has 0 aliphatic carbocycles. The fraction of sp³-hybridized carbons (Fsp3) is 0.950. The van der Waals surface area contributed by atoms with Gasteiger partial charge in [-0.05, 0) is 12.8 Å². The number of carbonyl (C=O) groups is 2. The van der Waals surface area contributed by atoms with E-state index in [0.717, 1.165) is 32.1 Å². The second kappa shape index (κ2) is 36.8. The number of hydrogen-bond acceptors (Lipinski definition) is 6. The van der Waals surface area contributed by atoms with Crippen LogP contribution in [0.1, 0.15) is 226 Å². The Morgan fingerprint density at radius 3 is 1.04 bits per heavy atom. The van der Waals surface area contributed by atoms with Crippen molar-refractivity contribution in [1.82, 2.24) is 0 Å². The molecule has 0 radical (unpaired) electrons. The molecule has 1 atom stereocenters. The van der Waals surface area contributed by atoms with Gasteiger partial charge in [0.2, 0.25) is 0 Å². The van der Waals surface area contributed by atoms with Crippen molar-refractivity contribution < 1.29 is 37.9 Å². The van der Waals surface area contributed by atoms with E-state index in [1.807, 2.05) is 0 Å². The lowest BCUT2D eigenvalue weighted by Crippen LogP contribution is -2.29. The Labute approximate surface area is 302 Å². The van der Waals surface area contributed by atoms with Gasteiger partial charge in [0, 0.05) is 12.8 Å². The smallest absolute Gasteiger partial charge is 0.462 e. The third-order valence-corrected chi connectivity index (χ3v) is 9.86. The quantitative estimate of drug-likeness (QED) is 0.0366. The zero-order valence-electron chi connectivity index (χ0n) is 32.1. The largest absolute Gasteiger partial charge is 0.469 e. The molecule has 8 nitrogen and oxygen atoms in total. The zero-order chi connectivity index (χ0) is 36.1. The van der Waals surface area contributed by atoms with E-state index in [2.05, 4.69) is 18.4 Å². The van der Waals surface area contributed by atoms with Crippen LogP contribution in [-0.4, -0.2) is 41.0 Å². The second-order valence-electron chi connectivity index (χ2n) is 14.3. The van der Waals surface area contributed by atoms with Crippen LogP contribution >= 0.6 is 7.82 Å². The number of carbonyl (C=O) groups excluding carboxylic acids is 2. The lowest BCUT2D eigenvalue weighted by molar-refractivity contribution is -0.161. The maximum Gasteiger partial charge on any atom is 0.469 e. The predicted molar refractivity (Wildman–Crippen MR) is 203 cm³/mol. The summed E-state index contributed by atoms with van der Waals surface area (Å²) < 4.78 is 26.3. The maximum absolute atomic E-state index is 12.4. The van der Waals surface area contributed by atoms with E-state index in [-0.39, 0.29) is 19.4 Å². The molecule has 0 spiro atoms. The summed E-state index contributed by atoms with van der Waals surface area (Å²) in [7, 11) is -4.74. The first kappa shape index (κ1) is 48.0. The van der Waals surface area contributed by atoms with Crippen LogP contribution in [0.5, 0.6) is 0 Å². The molecule has 0 rings (SSSR count). The topological polar surface area (TPSA) is 119 Å². The van der Waals surface area contributed by atoms with E-state index >= 15 is 0 Å². The standard InChI is InChI=1S/C40H79O8P/c1-3-5-7-9-11-13-15-16-17-18-19-20-21-22-23-25-27-29-31-33-35-40(42)48-38(37-47-49(43,44)45)36-46-39(41)34-32-30-28-26-24-14-12-10-8-6-4-2/h38H,3-37H2,1-2H3,(H2,43,44,45). The zero-order valence-corrected chi connectivity index (χ0v) is 33.0. The summed E-state index contributed by atoms with van der Waals surface area (Å²) in [5.74, 6) is -0.870. The van der Waals surface area contributed by atoms with Crippen molar-refractivity contribution in [2.75, 3.05) is 13.2 Å². The fourth-order valence-electron chi connectivity index (χ4n) is 6.26. The van der Waals surface area contributed by atoms with Crippen molar-refractivity contribution in [2.24, 2.45) is 0 Å². The van der Waals surface area contributed by atoms with E-state index in [0.29, 0.717) is 6.42 Å². The summed E-state index contributed by atoms with van der Waals surface area (Å²) in [5.41, 5.74) is 0. The van der Waals surface area contributed by atoms with E-state index in [4.69, 9.17) is 19.3 Å². The molecule has 0 aromatic heterocycles. The summed E-state index contributed by atoms with van der Waals surface area (Å²) >= 11 is 0. The summed E-state index contributed by atoms with van der Waals surface area (Å²) in [6.45, 7) is 3.70. The second-order valence-corrected chi connectivity index (χ2v) is 15.6. The first-order valence-electron chi connectivity index (χ1n) is 20.8. The number of ether oxygens (including phenoxy) is 2. The molecule has 0 amide bonds. The number of hydrogen-bond donors (Lipinski definition) is 2. The predicted octanol–water partition coefficient (Wildman–Crippen LogP) is 12.5. The van der Waals surface area contributed by atoms with Crippen LogP contribution < -0.4 is 0 Å². The molecule has 0 aromatic carbocycles. The van der Waals surface area contributed by atoms with Crippen LogP contribution in [0.25, 0.3) is 0 Å². The molecule has 1 unspecified atom stereocenters. The number of esters is 2. The molecule has 0 aromatic rings. The Hall–Kier alpha value is -0.950.